The molecule has 1 aliphatic rings. The molecule has 48 heavy (non-hydrogen) atoms. The van der Waals surface area contributed by atoms with Gasteiger partial charge in [0.2, 0.25) is 5.91 Å². The average molecular weight is 659 g/mol. The number of carbonyl (C=O) groups is 3. The molecule has 4 aromatic rings. The fourth-order valence-corrected chi connectivity index (χ4v) is 5.87. The number of methoxy groups -OCH3 is 1. The summed E-state index contributed by atoms with van der Waals surface area (Å²) in [6, 6.07) is 32.1. The van der Waals surface area contributed by atoms with Crippen molar-refractivity contribution in [3.63, 3.8) is 0 Å². The lowest BCUT2D eigenvalue weighted by Crippen LogP contribution is -2.48. The summed E-state index contributed by atoms with van der Waals surface area (Å²) >= 11 is 0. The Morgan fingerprint density at radius 1 is 0.875 bits per heavy atom. The lowest BCUT2D eigenvalue weighted by atomic mass is 9.84. The van der Waals surface area contributed by atoms with E-state index in [4.69, 9.17) is 9.47 Å². The largest absolute Gasteiger partial charge is 0.453 e. The number of anilines is 1. The maximum absolute atomic E-state index is 13.8. The van der Waals surface area contributed by atoms with Gasteiger partial charge in [-0.25, -0.2) is 4.79 Å². The summed E-state index contributed by atoms with van der Waals surface area (Å²) < 4.78 is 10.7. The van der Waals surface area contributed by atoms with Gasteiger partial charge >= 0.3 is 6.09 Å². The molecule has 0 saturated carbocycles. The molecule has 1 heterocycles. The highest BCUT2D eigenvalue weighted by Crippen LogP contribution is 2.30. The van der Waals surface area contributed by atoms with Gasteiger partial charge in [0.05, 0.1) is 19.8 Å². The van der Waals surface area contributed by atoms with Crippen molar-refractivity contribution in [2.75, 3.05) is 39.2 Å². The first-order valence-electron chi connectivity index (χ1n) is 16.3. The van der Waals surface area contributed by atoms with E-state index < -0.39 is 18.1 Å². The monoisotopic (exact) mass is 658 g/mol. The predicted molar refractivity (Wildman–Crippen MR) is 198 cm³/mol. The molecule has 1 saturated heterocycles. The maximum Gasteiger partial charge on any atom is 0.407 e. The minimum absolute atomic E-state index is 0. The van der Waals surface area contributed by atoms with Crippen LogP contribution in [0.15, 0.2) is 103 Å². The molecule has 0 aliphatic carbocycles. The second kappa shape index (κ2) is 18.4. The minimum Gasteiger partial charge on any atom is -0.453 e. The number of alkyl carbamates (subject to hydrolysis) is 1. The third-order valence-electron chi connectivity index (χ3n) is 8.34. The summed E-state index contributed by atoms with van der Waals surface area (Å²) in [4.78, 5) is 37.5. The van der Waals surface area contributed by atoms with Crippen LogP contribution in [0.2, 0.25) is 0 Å². The standard InChI is InChI=1S/C29H33N3O4.C10H13NO.4H2/c1-35-29(34)32-27(26(22-11-4-2-5-12-22)23-13-6-3-7-14-23)28(33)31-25-15-9-8-10-21(25)16-17-24-20-30-18-19-36-24;1-7-5-4-6-8(2)9(7)10(12)11-3;;;;/h2-15,24,26-27,30H,16-20H2,1H3,(H,31,33)(H,32,34);4-6H,1-3H3,(H,11,12);4*1H/t24-,27+;;;;;/m1...../s1. The van der Waals surface area contributed by atoms with Gasteiger partial charge in [0.25, 0.3) is 5.91 Å². The number of morpholine rings is 1. The lowest BCUT2D eigenvalue weighted by Gasteiger charge is -2.28. The first-order valence-corrected chi connectivity index (χ1v) is 16.3. The summed E-state index contributed by atoms with van der Waals surface area (Å²) in [5, 5.41) is 11.8. The van der Waals surface area contributed by atoms with Crippen molar-refractivity contribution >= 4 is 23.6 Å². The van der Waals surface area contributed by atoms with Gasteiger partial charge in [0.15, 0.2) is 0 Å². The normalized spacial score (nSPS) is 14.6. The number of ether oxygens (including phenoxy) is 2. The summed E-state index contributed by atoms with van der Waals surface area (Å²) in [5.74, 6) is -0.743. The van der Waals surface area contributed by atoms with Gasteiger partial charge in [-0.3, -0.25) is 9.59 Å². The fraction of sp³-hybridized carbons (Fsp3) is 0.308. The van der Waals surface area contributed by atoms with E-state index in [1.807, 2.05) is 117 Å². The fourth-order valence-electron chi connectivity index (χ4n) is 5.87. The Hall–Kier alpha value is -4.99. The van der Waals surface area contributed by atoms with Crippen LogP contribution in [0.5, 0.6) is 0 Å². The second-order valence-electron chi connectivity index (χ2n) is 11.6. The molecule has 260 valence electrons. The topological polar surface area (TPSA) is 118 Å². The van der Waals surface area contributed by atoms with E-state index in [2.05, 4.69) is 21.3 Å². The quantitative estimate of drug-likeness (QED) is 0.150. The first kappa shape index (κ1) is 35.9. The number of aryl methyl sites for hydroxylation is 3. The van der Waals surface area contributed by atoms with Gasteiger partial charge in [-0.15, -0.1) is 0 Å². The van der Waals surface area contributed by atoms with Crippen LogP contribution in [0, 0.1) is 13.8 Å². The SMILES string of the molecule is CNC(=O)c1c(C)cccc1C.COC(=O)N[C@H](C(=O)Nc1ccccc1CC[C@@H]1CNCCO1)C(c1ccccc1)c1ccccc1.[HH].[HH].[HH].[HH]. The van der Waals surface area contributed by atoms with Crippen LogP contribution < -0.4 is 21.3 Å². The van der Waals surface area contributed by atoms with E-state index in [0.717, 1.165) is 65.0 Å². The highest BCUT2D eigenvalue weighted by molar-refractivity contribution is 5.98. The van der Waals surface area contributed by atoms with Crippen LogP contribution in [0.4, 0.5) is 10.5 Å². The Morgan fingerprint density at radius 3 is 2.04 bits per heavy atom. The summed E-state index contributed by atoms with van der Waals surface area (Å²) in [6.07, 6.45) is 1.10. The molecule has 0 spiro atoms. The molecule has 0 unspecified atom stereocenters. The van der Waals surface area contributed by atoms with Gasteiger partial charge in [0, 0.05) is 43.0 Å². The van der Waals surface area contributed by atoms with Crippen molar-refractivity contribution in [3.8, 4) is 0 Å². The third kappa shape index (κ3) is 10.0. The molecule has 4 aromatic carbocycles. The average Bonchev–Trinajstić information content (AvgIpc) is 3.12. The van der Waals surface area contributed by atoms with E-state index in [0.29, 0.717) is 6.61 Å². The summed E-state index contributed by atoms with van der Waals surface area (Å²) in [6.45, 7) is 6.30. The Bertz CT molecular complexity index is 1580. The van der Waals surface area contributed by atoms with Crippen molar-refractivity contribution in [1.29, 1.82) is 0 Å². The maximum atomic E-state index is 13.8. The zero-order chi connectivity index (χ0) is 34.3. The van der Waals surface area contributed by atoms with Crippen molar-refractivity contribution in [1.82, 2.24) is 16.0 Å². The van der Waals surface area contributed by atoms with Crippen molar-refractivity contribution in [2.24, 2.45) is 0 Å². The van der Waals surface area contributed by atoms with E-state index in [1.54, 1.807) is 7.05 Å². The summed E-state index contributed by atoms with van der Waals surface area (Å²) in [5.41, 5.74) is 6.41. The van der Waals surface area contributed by atoms with Crippen LogP contribution in [-0.2, 0) is 20.7 Å². The summed E-state index contributed by atoms with van der Waals surface area (Å²) in [7, 11) is 2.94. The second-order valence-corrected chi connectivity index (χ2v) is 11.6. The Kier molecular flexibility index (Phi) is 13.7. The van der Waals surface area contributed by atoms with E-state index in [9.17, 15) is 14.4 Å². The van der Waals surface area contributed by atoms with Gasteiger partial charge < -0.3 is 30.7 Å². The molecule has 5 rings (SSSR count). The molecule has 2 atom stereocenters. The van der Waals surface area contributed by atoms with Crippen LogP contribution in [-0.4, -0.2) is 63.9 Å². The number of nitrogens with one attached hydrogen (secondary N) is 4. The number of benzene rings is 4. The molecule has 4 N–H and O–H groups in total. The van der Waals surface area contributed by atoms with Gasteiger partial charge in [-0.05, 0) is 60.6 Å². The van der Waals surface area contributed by atoms with Crippen molar-refractivity contribution in [3.05, 3.63) is 137 Å². The predicted octanol–water partition coefficient (Wildman–Crippen LogP) is 6.75. The van der Waals surface area contributed by atoms with Crippen LogP contribution in [0.1, 0.15) is 56.2 Å². The molecule has 3 amide bonds. The third-order valence-corrected chi connectivity index (χ3v) is 8.34. The molecule has 0 radical (unpaired) electrons. The smallest absolute Gasteiger partial charge is 0.407 e. The Labute approximate surface area is 289 Å². The van der Waals surface area contributed by atoms with Crippen LogP contribution >= 0.6 is 0 Å². The Balaban J connectivity index is 0.00000140. The molecular weight excluding hydrogens is 604 g/mol. The zero-order valence-electron chi connectivity index (χ0n) is 28.1. The number of para-hydroxylation sites is 1. The molecule has 1 fully saturated rings. The van der Waals surface area contributed by atoms with Gasteiger partial charge in [0.1, 0.15) is 6.04 Å². The van der Waals surface area contributed by atoms with E-state index >= 15 is 0 Å². The highest BCUT2D eigenvalue weighted by Gasteiger charge is 2.33. The molecule has 0 aromatic heterocycles. The van der Waals surface area contributed by atoms with Crippen molar-refractivity contribution < 1.29 is 29.6 Å². The van der Waals surface area contributed by atoms with Gasteiger partial charge in [-0.2, -0.15) is 0 Å². The van der Waals surface area contributed by atoms with Crippen LogP contribution in [0.25, 0.3) is 0 Å². The van der Waals surface area contributed by atoms with E-state index in [1.165, 1.54) is 7.11 Å². The highest BCUT2D eigenvalue weighted by atomic mass is 16.5. The molecule has 9 nitrogen and oxygen atoms in total. The Morgan fingerprint density at radius 2 is 1.48 bits per heavy atom. The lowest BCUT2D eigenvalue weighted by molar-refractivity contribution is -0.118. The number of rotatable bonds is 10. The number of carbonyl (C=O) groups excluding carboxylic acids is 3. The van der Waals surface area contributed by atoms with E-state index in [-0.39, 0.29) is 23.6 Å². The number of hydrogen-bond acceptors (Lipinski definition) is 6. The van der Waals surface area contributed by atoms with Crippen molar-refractivity contribution in [2.45, 2.75) is 44.8 Å². The van der Waals surface area contributed by atoms with Crippen LogP contribution in [0.3, 0.4) is 0 Å². The molecule has 9 heteroatoms. The number of hydrogen-bond donors (Lipinski definition) is 4. The minimum atomic E-state index is -0.902. The number of amides is 3. The molecular formula is C39H54N4O5. The first-order chi connectivity index (χ1) is 23.3. The molecule has 0 bridgehead atoms. The van der Waals surface area contributed by atoms with Gasteiger partial charge in [-0.1, -0.05) is 97.1 Å². The molecule has 1 aliphatic heterocycles. The zero-order valence-corrected chi connectivity index (χ0v) is 28.1.